The molecule has 0 radical (unpaired) electrons. The molecule has 1 N–H and O–H groups in total. The number of thiazole rings is 1. The van der Waals surface area contributed by atoms with Crippen molar-refractivity contribution in [2.75, 3.05) is 26.2 Å². The van der Waals surface area contributed by atoms with Gasteiger partial charge in [0.05, 0.1) is 5.01 Å². The Kier molecular flexibility index (Phi) is 6.11. The third kappa shape index (κ3) is 4.82. The van der Waals surface area contributed by atoms with Crippen molar-refractivity contribution in [1.29, 1.82) is 0 Å². The Morgan fingerprint density at radius 1 is 1.24 bits per heavy atom. The lowest BCUT2D eigenvalue weighted by atomic mass is 10.1. The first-order chi connectivity index (χ1) is 12.0. The van der Waals surface area contributed by atoms with E-state index in [-0.39, 0.29) is 12.6 Å². The third-order valence-corrected chi connectivity index (χ3v) is 5.47. The Balaban J connectivity index is 1.63. The Morgan fingerprint density at radius 3 is 2.76 bits per heavy atom. The van der Waals surface area contributed by atoms with E-state index in [1.807, 2.05) is 13.1 Å². The van der Waals surface area contributed by atoms with Gasteiger partial charge in [0.2, 0.25) is 0 Å². The number of aromatic nitrogens is 1. The summed E-state index contributed by atoms with van der Waals surface area (Å²) in [5, 5.41) is 10.5. The predicted octanol–water partition coefficient (Wildman–Crippen LogP) is 2.80. The molecule has 0 spiro atoms. The van der Waals surface area contributed by atoms with Crippen LogP contribution in [0.1, 0.15) is 21.9 Å². The van der Waals surface area contributed by atoms with Crippen molar-refractivity contribution < 1.29 is 13.9 Å². The highest BCUT2D eigenvalue weighted by Crippen LogP contribution is 2.21. The molecule has 136 valence electrons. The molecule has 25 heavy (non-hydrogen) atoms. The molecule has 1 atom stereocenters. The Hall–Kier alpha value is -1.41. The molecule has 0 unspecified atom stereocenters. The van der Waals surface area contributed by atoms with Crippen LogP contribution in [0.3, 0.4) is 0 Å². The van der Waals surface area contributed by atoms with Gasteiger partial charge in [-0.3, -0.25) is 9.80 Å². The van der Waals surface area contributed by atoms with Crippen LogP contribution >= 0.6 is 11.3 Å². The zero-order valence-electron chi connectivity index (χ0n) is 14.3. The molecule has 4 nitrogen and oxygen atoms in total. The fourth-order valence-electron chi connectivity index (χ4n) is 3.30. The molecule has 1 fully saturated rings. The number of halogens is 2. The summed E-state index contributed by atoms with van der Waals surface area (Å²) in [6.45, 7) is 6.14. The normalized spacial score (nSPS) is 19.4. The summed E-state index contributed by atoms with van der Waals surface area (Å²) in [4.78, 5) is 10.2. The average Bonchev–Trinajstić information content (AvgIpc) is 2.98. The van der Waals surface area contributed by atoms with Crippen LogP contribution in [0, 0.1) is 18.6 Å². The van der Waals surface area contributed by atoms with E-state index in [1.54, 1.807) is 17.4 Å². The maximum Gasteiger partial charge on any atom is 0.159 e. The smallest absolute Gasteiger partial charge is 0.159 e. The lowest BCUT2D eigenvalue weighted by Gasteiger charge is -2.41. The monoisotopic (exact) mass is 367 g/mol. The van der Waals surface area contributed by atoms with E-state index in [4.69, 9.17) is 0 Å². The van der Waals surface area contributed by atoms with Crippen molar-refractivity contribution in [3.63, 3.8) is 0 Å². The predicted molar refractivity (Wildman–Crippen MR) is 94.4 cm³/mol. The fourth-order valence-corrected chi connectivity index (χ4v) is 4.14. The summed E-state index contributed by atoms with van der Waals surface area (Å²) < 4.78 is 26.5. The number of benzene rings is 1. The topological polar surface area (TPSA) is 39.6 Å². The van der Waals surface area contributed by atoms with Gasteiger partial charge in [-0.2, -0.15) is 0 Å². The Labute approximate surface area is 150 Å². The fraction of sp³-hybridized carbons (Fsp3) is 0.500. The lowest BCUT2D eigenvalue weighted by molar-refractivity contribution is 0.0503. The molecule has 0 saturated carbocycles. The highest BCUT2D eigenvalue weighted by molar-refractivity contribution is 7.11. The number of piperazine rings is 1. The second kappa shape index (κ2) is 8.31. The number of nitrogens with zero attached hydrogens (tertiary/aromatic N) is 3. The second-order valence-electron chi connectivity index (χ2n) is 6.47. The minimum Gasteiger partial charge on any atom is -0.396 e. The first kappa shape index (κ1) is 18.4. The van der Waals surface area contributed by atoms with Crippen molar-refractivity contribution in [1.82, 2.24) is 14.8 Å². The molecule has 3 rings (SSSR count). The van der Waals surface area contributed by atoms with Crippen LogP contribution in [0.4, 0.5) is 8.78 Å². The molecule has 1 aromatic carbocycles. The number of rotatable bonds is 6. The van der Waals surface area contributed by atoms with Gasteiger partial charge in [-0.05, 0) is 31.0 Å². The van der Waals surface area contributed by atoms with E-state index in [1.165, 1.54) is 17.0 Å². The minimum atomic E-state index is -0.819. The molecular formula is C18H23F2N3OS. The van der Waals surface area contributed by atoms with Crippen LogP contribution in [-0.4, -0.2) is 52.2 Å². The SMILES string of the molecule is Cc1ncc(CN2CCN(Cc3ccc(F)c(F)c3)[C@H](CCO)C2)s1. The molecule has 2 aromatic rings. The van der Waals surface area contributed by atoms with E-state index < -0.39 is 11.6 Å². The summed E-state index contributed by atoms with van der Waals surface area (Å²) in [5.74, 6) is -1.63. The van der Waals surface area contributed by atoms with E-state index in [0.717, 1.165) is 36.8 Å². The molecule has 1 aliphatic heterocycles. The van der Waals surface area contributed by atoms with E-state index >= 15 is 0 Å². The maximum atomic E-state index is 13.4. The summed E-state index contributed by atoms with van der Waals surface area (Å²) in [6, 6.07) is 4.26. The highest BCUT2D eigenvalue weighted by Gasteiger charge is 2.27. The van der Waals surface area contributed by atoms with E-state index in [2.05, 4.69) is 14.8 Å². The van der Waals surface area contributed by atoms with Gasteiger partial charge < -0.3 is 5.11 Å². The lowest BCUT2D eigenvalue weighted by Crippen LogP contribution is -2.52. The largest absolute Gasteiger partial charge is 0.396 e. The van der Waals surface area contributed by atoms with Crippen LogP contribution < -0.4 is 0 Å². The van der Waals surface area contributed by atoms with Crippen molar-refractivity contribution >= 4 is 11.3 Å². The number of aliphatic hydroxyl groups is 1. The summed E-state index contributed by atoms with van der Waals surface area (Å²) in [7, 11) is 0. The van der Waals surface area contributed by atoms with Gasteiger partial charge in [0.25, 0.3) is 0 Å². The summed E-state index contributed by atoms with van der Waals surface area (Å²) in [6.07, 6.45) is 2.59. The summed E-state index contributed by atoms with van der Waals surface area (Å²) in [5.41, 5.74) is 0.758. The molecule has 1 saturated heterocycles. The van der Waals surface area contributed by atoms with Gasteiger partial charge in [-0.1, -0.05) is 6.07 Å². The minimum absolute atomic E-state index is 0.118. The van der Waals surface area contributed by atoms with Crippen LogP contribution in [-0.2, 0) is 13.1 Å². The van der Waals surface area contributed by atoms with Crippen molar-refractivity contribution in [2.45, 2.75) is 32.5 Å². The van der Waals surface area contributed by atoms with Crippen molar-refractivity contribution in [3.8, 4) is 0 Å². The first-order valence-corrected chi connectivity index (χ1v) is 9.29. The molecule has 7 heteroatoms. The van der Waals surface area contributed by atoms with Gasteiger partial charge in [0, 0.05) is 56.4 Å². The second-order valence-corrected chi connectivity index (χ2v) is 7.79. The zero-order chi connectivity index (χ0) is 17.8. The molecule has 0 amide bonds. The highest BCUT2D eigenvalue weighted by atomic mass is 32.1. The first-order valence-electron chi connectivity index (χ1n) is 8.47. The average molecular weight is 367 g/mol. The van der Waals surface area contributed by atoms with E-state index in [0.29, 0.717) is 13.0 Å². The van der Waals surface area contributed by atoms with Gasteiger partial charge in [0.15, 0.2) is 11.6 Å². The van der Waals surface area contributed by atoms with Crippen LogP contribution in [0.15, 0.2) is 24.4 Å². The Morgan fingerprint density at radius 2 is 2.08 bits per heavy atom. The van der Waals surface area contributed by atoms with Crippen LogP contribution in [0.2, 0.25) is 0 Å². The molecule has 1 aliphatic rings. The Bertz CT molecular complexity index is 709. The molecule has 0 aliphatic carbocycles. The summed E-state index contributed by atoms with van der Waals surface area (Å²) >= 11 is 1.71. The van der Waals surface area contributed by atoms with Crippen LogP contribution in [0.25, 0.3) is 0 Å². The molecular weight excluding hydrogens is 344 g/mol. The number of hydrogen-bond acceptors (Lipinski definition) is 5. The van der Waals surface area contributed by atoms with Crippen LogP contribution in [0.5, 0.6) is 0 Å². The number of aliphatic hydroxyl groups excluding tert-OH is 1. The number of aryl methyl sites for hydroxylation is 1. The van der Waals surface area contributed by atoms with Crippen molar-refractivity contribution in [3.05, 3.63) is 51.5 Å². The van der Waals surface area contributed by atoms with Gasteiger partial charge in [-0.25, -0.2) is 13.8 Å². The van der Waals surface area contributed by atoms with E-state index in [9.17, 15) is 13.9 Å². The number of hydrogen-bond donors (Lipinski definition) is 1. The maximum absolute atomic E-state index is 13.4. The molecule has 0 bridgehead atoms. The van der Waals surface area contributed by atoms with Gasteiger partial charge in [-0.15, -0.1) is 11.3 Å². The quantitative estimate of drug-likeness (QED) is 0.852. The third-order valence-electron chi connectivity index (χ3n) is 4.57. The van der Waals surface area contributed by atoms with Crippen molar-refractivity contribution in [2.24, 2.45) is 0 Å². The van der Waals surface area contributed by atoms with Gasteiger partial charge in [0.1, 0.15) is 0 Å². The standard InChI is InChI=1S/C18H23F2N3OS/c1-13-21-9-16(25-13)12-22-5-6-23(15(11-22)4-7-24)10-14-2-3-17(19)18(20)8-14/h2-3,8-9,15,24H,4-7,10-12H2,1H3/t15-/m1/s1. The molecule has 2 heterocycles. The molecule has 1 aromatic heterocycles. The van der Waals surface area contributed by atoms with Gasteiger partial charge >= 0.3 is 0 Å². The zero-order valence-corrected chi connectivity index (χ0v) is 15.1.